The van der Waals surface area contributed by atoms with Crippen molar-refractivity contribution in [2.24, 2.45) is 50.2 Å². The first-order chi connectivity index (χ1) is 17.5. The van der Waals surface area contributed by atoms with Gasteiger partial charge in [-0.05, 0) is 91.3 Å². The predicted octanol–water partition coefficient (Wildman–Crippen LogP) is 6.86. The van der Waals surface area contributed by atoms with Crippen LogP contribution in [0.5, 0.6) is 0 Å². The number of ether oxygens (including phenoxy) is 2. The van der Waals surface area contributed by atoms with Crippen molar-refractivity contribution in [3.05, 3.63) is 11.6 Å². The summed E-state index contributed by atoms with van der Waals surface area (Å²) in [4.78, 5) is 25.4. The van der Waals surface area contributed by atoms with Crippen LogP contribution in [-0.4, -0.2) is 36.4 Å². The van der Waals surface area contributed by atoms with Gasteiger partial charge in [-0.2, -0.15) is 0 Å². The lowest BCUT2D eigenvalue weighted by molar-refractivity contribution is -0.218. The largest absolute Gasteiger partial charge is 0.469 e. The van der Waals surface area contributed by atoms with Crippen molar-refractivity contribution >= 4 is 11.9 Å². The van der Waals surface area contributed by atoms with Crippen molar-refractivity contribution in [1.82, 2.24) is 0 Å². The Morgan fingerprint density at radius 3 is 2.18 bits per heavy atom. The van der Waals surface area contributed by atoms with E-state index in [1.54, 1.807) is 0 Å². The van der Waals surface area contributed by atoms with Gasteiger partial charge in [0.25, 0.3) is 0 Å². The molecule has 0 heterocycles. The Balaban J connectivity index is 1.58. The third-order valence-corrected chi connectivity index (χ3v) is 13.7. The minimum atomic E-state index is -0.622. The van der Waals surface area contributed by atoms with Crippen LogP contribution in [0.2, 0.25) is 0 Å². The molecule has 0 radical (unpaired) electrons. The van der Waals surface area contributed by atoms with Crippen molar-refractivity contribution in [3.8, 4) is 0 Å². The number of esters is 2. The number of methoxy groups -OCH3 is 1. The van der Waals surface area contributed by atoms with Gasteiger partial charge in [0.05, 0.1) is 18.6 Å². The molecule has 5 heteroatoms. The van der Waals surface area contributed by atoms with Crippen molar-refractivity contribution in [3.63, 3.8) is 0 Å². The zero-order valence-corrected chi connectivity index (χ0v) is 25.4. The average molecular weight is 529 g/mol. The topological polar surface area (TPSA) is 72.8 Å². The fraction of sp³-hybridized carbons (Fsp3) is 0.879. The molecule has 0 aromatic carbocycles. The van der Waals surface area contributed by atoms with E-state index in [-0.39, 0.29) is 51.0 Å². The SMILES string of the molecule is COC(=O)[C@]12CCC(C)(C)[C@H](O)[C@H]1C1=CC[C@H]3[C@@]4(C)CC[C@H](OC(C)=O)C(C)(C)[C@H]4CC[C@@]3(C)[C@]1(C)CC2. The van der Waals surface area contributed by atoms with E-state index in [1.165, 1.54) is 19.6 Å². The minimum absolute atomic E-state index is 0.0253. The lowest BCUT2D eigenvalue weighted by Crippen LogP contribution is -2.66. The van der Waals surface area contributed by atoms with Gasteiger partial charge in [0.1, 0.15) is 6.10 Å². The highest BCUT2D eigenvalue weighted by Gasteiger charge is 2.70. The number of hydrogen-bond donors (Lipinski definition) is 1. The summed E-state index contributed by atoms with van der Waals surface area (Å²) in [5, 5.41) is 11.9. The number of carbonyl (C=O) groups is 2. The molecule has 4 saturated carbocycles. The lowest BCUT2D eigenvalue weighted by Gasteiger charge is -2.71. The third kappa shape index (κ3) is 3.45. The van der Waals surface area contributed by atoms with E-state index in [0.29, 0.717) is 11.8 Å². The van der Waals surface area contributed by atoms with Gasteiger partial charge < -0.3 is 14.6 Å². The summed E-state index contributed by atoms with van der Waals surface area (Å²) in [5.41, 5.74) is 0.572. The average Bonchev–Trinajstić information content (AvgIpc) is 2.83. The summed E-state index contributed by atoms with van der Waals surface area (Å²) in [6, 6.07) is 0. The van der Waals surface area contributed by atoms with Gasteiger partial charge >= 0.3 is 11.9 Å². The molecule has 0 aromatic heterocycles. The molecule has 1 N–H and O–H groups in total. The zero-order chi connectivity index (χ0) is 28.1. The Labute approximate surface area is 230 Å². The van der Waals surface area contributed by atoms with E-state index >= 15 is 0 Å². The second kappa shape index (κ2) is 8.57. The molecule has 0 unspecified atom stereocenters. The summed E-state index contributed by atoms with van der Waals surface area (Å²) >= 11 is 0. The van der Waals surface area contributed by atoms with Crippen molar-refractivity contribution in [1.29, 1.82) is 0 Å². The molecule has 0 spiro atoms. The van der Waals surface area contributed by atoms with Gasteiger partial charge in [0.15, 0.2) is 0 Å². The predicted molar refractivity (Wildman–Crippen MR) is 148 cm³/mol. The first-order valence-corrected chi connectivity index (χ1v) is 15.2. The molecule has 0 bridgehead atoms. The molecule has 5 aliphatic carbocycles. The number of allylic oxidation sites excluding steroid dienone is 1. The van der Waals surface area contributed by atoms with Crippen molar-refractivity contribution in [2.75, 3.05) is 7.11 Å². The second-order valence-corrected chi connectivity index (χ2v) is 15.8. The maximum Gasteiger partial charge on any atom is 0.312 e. The van der Waals surface area contributed by atoms with E-state index in [2.05, 4.69) is 54.5 Å². The van der Waals surface area contributed by atoms with Gasteiger partial charge in [-0.3, -0.25) is 9.59 Å². The third-order valence-electron chi connectivity index (χ3n) is 13.7. The normalized spacial score (nSPS) is 48.8. The Morgan fingerprint density at radius 2 is 1.55 bits per heavy atom. The molecule has 5 rings (SSSR count). The number of carbonyl (C=O) groups excluding carboxylic acids is 2. The summed E-state index contributed by atoms with van der Waals surface area (Å²) in [6.07, 6.45) is 10.5. The first-order valence-electron chi connectivity index (χ1n) is 15.2. The Morgan fingerprint density at radius 1 is 0.895 bits per heavy atom. The molecule has 0 aromatic rings. The lowest BCUT2D eigenvalue weighted by atomic mass is 9.33. The summed E-state index contributed by atoms with van der Waals surface area (Å²) < 4.78 is 11.3. The van der Waals surface area contributed by atoms with Crippen LogP contribution in [0.4, 0.5) is 0 Å². The van der Waals surface area contributed by atoms with E-state index in [1.807, 2.05) is 0 Å². The van der Waals surface area contributed by atoms with Gasteiger partial charge in [-0.25, -0.2) is 0 Å². The molecule has 0 amide bonds. The molecule has 5 aliphatic rings. The zero-order valence-electron chi connectivity index (χ0n) is 25.4. The number of fused-ring (bicyclic) bond motifs is 7. The summed E-state index contributed by atoms with van der Waals surface area (Å²) in [5.74, 6) is 0.516. The smallest absolute Gasteiger partial charge is 0.312 e. The van der Waals surface area contributed by atoms with E-state index in [0.717, 1.165) is 57.8 Å². The van der Waals surface area contributed by atoms with Crippen LogP contribution in [0.15, 0.2) is 11.6 Å². The number of hydrogen-bond acceptors (Lipinski definition) is 5. The molecular weight excluding hydrogens is 476 g/mol. The fourth-order valence-corrected chi connectivity index (χ4v) is 11.2. The van der Waals surface area contributed by atoms with Crippen molar-refractivity contribution < 1.29 is 24.2 Å². The van der Waals surface area contributed by atoms with E-state index < -0.39 is 11.5 Å². The fourth-order valence-electron chi connectivity index (χ4n) is 11.2. The van der Waals surface area contributed by atoms with Crippen LogP contribution in [0.1, 0.15) is 113 Å². The first kappa shape index (κ1) is 28.2. The Kier molecular flexibility index (Phi) is 6.36. The second-order valence-electron chi connectivity index (χ2n) is 15.8. The van der Waals surface area contributed by atoms with Gasteiger partial charge in [0, 0.05) is 18.3 Å². The maximum absolute atomic E-state index is 13.4. The molecule has 5 nitrogen and oxygen atoms in total. The van der Waals surface area contributed by atoms with Gasteiger partial charge in [-0.1, -0.05) is 60.1 Å². The highest BCUT2D eigenvalue weighted by atomic mass is 16.5. The molecule has 38 heavy (non-hydrogen) atoms. The standard InChI is InChI=1S/C33H52O5/c1-20(34)38-24-13-14-30(6)22(29(24,4)5)12-15-32(8)23(30)11-10-21-25-26(35)28(2,3)16-18-33(25,27(36)37-9)19-17-31(21,32)7/h10,22-26,35H,11-19H2,1-9H3/t22-,23+,24+,25-,26-,30+,31-,32-,33+/m1/s1. The maximum atomic E-state index is 13.4. The number of rotatable bonds is 2. The molecular formula is C33H52O5. The Hall–Kier alpha value is -1.36. The van der Waals surface area contributed by atoms with Crippen molar-refractivity contribution in [2.45, 2.75) is 125 Å². The van der Waals surface area contributed by atoms with E-state index in [4.69, 9.17) is 9.47 Å². The quantitative estimate of drug-likeness (QED) is 0.313. The molecule has 0 aliphatic heterocycles. The summed E-state index contributed by atoms with van der Waals surface area (Å²) in [6.45, 7) is 18.0. The highest BCUT2D eigenvalue weighted by molar-refractivity contribution is 5.79. The van der Waals surface area contributed by atoms with Crippen LogP contribution in [0.25, 0.3) is 0 Å². The number of aliphatic hydroxyl groups excluding tert-OH is 1. The number of aliphatic hydroxyl groups is 1. The molecule has 0 saturated heterocycles. The van der Waals surface area contributed by atoms with Crippen LogP contribution in [-0.2, 0) is 19.1 Å². The highest BCUT2D eigenvalue weighted by Crippen LogP contribution is 2.75. The molecule has 9 atom stereocenters. The Bertz CT molecular complexity index is 1040. The monoisotopic (exact) mass is 528 g/mol. The van der Waals surface area contributed by atoms with Crippen LogP contribution in [0, 0.1) is 50.2 Å². The van der Waals surface area contributed by atoms with Gasteiger partial charge in [0.2, 0.25) is 0 Å². The minimum Gasteiger partial charge on any atom is -0.469 e. The van der Waals surface area contributed by atoms with Crippen LogP contribution >= 0.6 is 0 Å². The van der Waals surface area contributed by atoms with Crippen LogP contribution in [0.3, 0.4) is 0 Å². The molecule has 4 fully saturated rings. The summed E-state index contributed by atoms with van der Waals surface area (Å²) in [7, 11) is 1.51. The molecule has 214 valence electrons. The van der Waals surface area contributed by atoms with Crippen LogP contribution < -0.4 is 0 Å². The van der Waals surface area contributed by atoms with E-state index in [9.17, 15) is 14.7 Å². The van der Waals surface area contributed by atoms with Gasteiger partial charge in [-0.15, -0.1) is 0 Å².